The quantitative estimate of drug-likeness (QED) is 0.390. The molecule has 23 heavy (non-hydrogen) atoms. The molecule has 0 fully saturated rings. The largest absolute Gasteiger partial charge is 0.396 e. The zero-order chi connectivity index (χ0) is 17.7. The van der Waals surface area contributed by atoms with Crippen molar-refractivity contribution in [2.75, 3.05) is 32.6 Å². The Kier molecular flexibility index (Phi) is 11.9. The Balaban J connectivity index is 0.00000232. The van der Waals surface area contributed by atoms with Crippen molar-refractivity contribution < 1.29 is 10.0 Å². The summed E-state index contributed by atoms with van der Waals surface area (Å²) in [6.07, 6.45) is 3.76. The molecule has 132 valence electrons. The van der Waals surface area contributed by atoms with E-state index in [-0.39, 0.29) is 17.2 Å². The third kappa shape index (κ3) is 9.15. The molecule has 6 heteroatoms. The lowest BCUT2D eigenvalue weighted by atomic mass is 10.1. The Morgan fingerprint density at radius 1 is 1.17 bits per heavy atom. The van der Waals surface area contributed by atoms with Crippen LogP contribution < -0.4 is 5.32 Å². The predicted molar refractivity (Wildman–Crippen MR) is 95.9 cm³/mol. The molecule has 0 saturated heterocycles. The Morgan fingerprint density at radius 2 is 1.83 bits per heavy atom. The molecule has 0 aromatic heterocycles. The van der Waals surface area contributed by atoms with Crippen molar-refractivity contribution in [3.8, 4) is 0 Å². The molecule has 1 rings (SSSR count). The number of aliphatic hydroxyl groups is 1. The number of benzene rings is 1. The molecule has 6 nitrogen and oxygen atoms in total. The number of aliphatic hydroxyl groups excluding tert-OH is 1. The van der Waals surface area contributed by atoms with Crippen molar-refractivity contribution in [2.24, 2.45) is 0 Å². The molecule has 2 N–H and O–H groups in total. The molecule has 0 aliphatic rings. The van der Waals surface area contributed by atoms with Gasteiger partial charge in [-0.3, -0.25) is 10.1 Å². The number of rotatable bonds is 10. The summed E-state index contributed by atoms with van der Waals surface area (Å²) in [6, 6.07) is 5.33. The van der Waals surface area contributed by atoms with Gasteiger partial charge in [0.1, 0.15) is 5.69 Å². The molecule has 1 aromatic carbocycles. The van der Waals surface area contributed by atoms with Gasteiger partial charge in [-0.2, -0.15) is 0 Å². The number of nitrogens with zero attached hydrogens (tertiary/aromatic N) is 2. The van der Waals surface area contributed by atoms with Crippen molar-refractivity contribution in [3.05, 3.63) is 33.9 Å². The molecule has 0 aliphatic carbocycles. The Morgan fingerprint density at radius 3 is 2.39 bits per heavy atom. The number of nitro groups is 1. The van der Waals surface area contributed by atoms with Crippen LogP contribution in [0.5, 0.6) is 0 Å². The van der Waals surface area contributed by atoms with E-state index in [2.05, 4.69) is 5.32 Å². The van der Waals surface area contributed by atoms with Gasteiger partial charge in [-0.25, -0.2) is 0 Å². The number of hydrogen-bond donors (Lipinski definition) is 2. The highest BCUT2D eigenvalue weighted by molar-refractivity contribution is 5.62. The van der Waals surface area contributed by atoms with E-state index in [0.29, 0.717) is 18.8 Å². The minimum absolute atomic E-state index is 0.129. The van der Waals surface area contributed by atoms with E-state index in [1.807, 2.05) is 38.9 Å². The maximum absolute atomic E-state index is 11.2. The number of nitro benzene ring substituents is 1. The molecule has 0 saturated carbocycles. The van der Waals surface area contributed by atoms with Crippen molar-refractivity contribution in [3.63, 3.8) is 0 Å². The summed E-state index contributed by atoms with van der Waals surface area (Å²) in [5.41, 5.74) is 1.63. The molecule has 0 bridgehead atoms. The van der Waals surface area contributed by atoms with Gasteiger partial charge in [-0.05, 0) is 38.6 Å². The summed E-state index contributed by atoms with van der Waals surface area (Å²) < 4.78 is 0. The molecule has 0 amide bonds. The molecule has 0 atom stereocenters. The standard InChI is InChI=1S/C15H25N3O3.C2H6/c1-17(2)12-13-7-8-14(15(11-13)18(20)21)16-9-5-3-4-6-10-19;1-2/h7-8,11,16,19H,3-6,9-10,12H2,1-2H3;1-2H3. The number of unbranched alkanes of at least 4 members (excludes halogenated alkanes) is 3. The Labute approximate surface area is 139 Å². The summed E-state index contributed by atoms with van der Waals surface area (Å²) in [6.45, 7) is 5.62. The first-order chi connectivity index (χ1) is 11.0. The Bertz CT molecular complexity index is 451. The van der Waals surface area contributed by atoms with Crippen molar-refractivity contribution >= 4 is 11.4 Å². The molecule has 0 unspecified atom stereocenters. The zero-order valence-electron chi connectivity index (χ0n) is 14.8. The second kappa shape index (κ2) is 12.8. The maximum Gasteiger partial charge on any atom is 0.292 e. The SMILES string of the molecule is CC.CN(C)Cc1ccc(NCCCCCCO)c([N+](=O)[O-])c1. The highest BCUT2D eigenvalue weighted by Crippen LogP contribution is 2.26. The van der Waals surface area contributed by atoms with Crippen LogP contribution in [0.25, 0.3) is 0 Å². The van der Waals surface area contributed by atoms with E-state index in [4.69, 9.17) is 5.11 Å². The van der Waals surface area contributed by atoms with Crippen LogP contribution in [0, 0.1) is 10.1 Å². The fraction of sp³-hybridized carbons (Fsp3) is 0.647. The van der Waals surface area contributed by atoms with Crippen molar-refractivity contribution in [1.82, 2.24) is 4.90 Å². The second-order valence-corrected chi connectivity index (χ2v) is 5.41. The van der Waals surface area contributed by atoms with Crippen LogP contribution in [0.15, 0.2) is 18.2 Å². The van der Waals surface area contributed by atoms with E-state index < -0.39 is 0 Å². The summed E-state index contributed by atoms with van der Waals surface area (Å²) in [7, 11) is 3.87. The van der Waals surface area contributed by atoms with E-state index >= 15 is 0 Å². The van der Waals surface area contributed by atoms with E-state index in [0.717, 1.165) is 31.2 Å². The van der Waals surface area contributed by atoms with Crippen molar-refractivity contribution in [2.45, 2.75) is 46.1 Å². The molecule has 0 aliphatic heterocycles. The van der Waals surface area contributed by atoms with Crippen LogP contribution in [0.4, 0.5) is 11.4 Å². The summed E-state index contributed by atoms with van der Waals surface area (Å²) in [5, 5.41) is 23.0. The summed E-state index contributed by atoms with van der Waals surface area (Å²) in [4.78, 5) is 12.8. The van der Waals surface area contributed by atoms with Crippen molar-refractivity contribution in [1.29, 1.82) is 0 Å². The third-order valence-corrected chi connectivity index (χ3v) is 3.16. The first-order valence-corrected chi connectivity index (χ1v) is 8.31. The van der Waals surface area contributed by atoms with Gasteiger partial charge in [0.25, 0.3) is 5.69 Å². The summed E-state index contributed by atoms with van der Waals surface area (Å²) >= 11 is 0. The molecule has 0 radical (unpaired) electrons. The van der Waals surface area contributed by atoms with Gasteiger partial charge in [0, 0.05) is 25.8 Å². The monoisotopic (exact) mass is 325 g/mol. The van der Waals surface area contributed by atoms with Gasteiger partial charge in [0.05, 0.1) is 4.92 Å². The van der Waals surface area contributed by atoms with Crippen LogP contribution in [-0.2, 0) is 6.54 Å². The minimum atomic E-state index is -0.340. The normalized spacial score (nSPS) is 10.2. The van der Waals surface area contributed by atoms with Crippen LogP contribution >= 0.6 is 0 Å². The average molecular weight is 325 g/mol. The van der Waals surface area contributed by atoms with Crippen LogP contribution in [0.1, 0.15) is 45.1 Å². The molecule has 0 heterocycles. The second-order valence-electron chi connectivity index (χ2n) is 5.41. The first-order valence-electron chi connectivity index (χ1n) is 8.31. The highest BCUT2D eigenvalue weighted by Gasteiger charge is 2.14. The average Bonchev–Trinajstić information content (AvgIpc) is 2.53. The van der Waals surface area contributed by atoms with Crippen LogP contribution in [0.2, 0.25) is 0 Å². The van der Waals surface area contributed by atoms with E-state index in [1.165, 1.54) is 0 Å². The van der Waals surface area contributed by atoms with Gasteiger partial charge in [0.2, 0.25) is 0 Å². The summed E-state index contributed by atoms with van der Waals surface area (Å²) in [5.74, 6) is 0. The van der Waals surface area contributed by atoms with E-state index in [1.54, 1.807) is 12.1 Å². The van der Waals surface area contributed by atoms with Crippen LogP contribution in [0.3, 0.4) is 0 Å². The van der Waals surface area contributed by atoms with Gasteiger partial charge >= 0.3 is 0 Å². The lowest BCUT2D eigenvalue weighted by molar-refractivity contribution is -0.384. The van der Waals surface area contributed by atoms with Gasteiger partial charge < -0.3 is 15.3 Å². The minimum Gasteiger partial charge on any atom is -0.396 e. The predicted octanol–water partition coefficient (Wildman–Crippen LogP) is 3.65. The highest BCUT2D eigenvalue weighted by atomic mass is 16.6. The molecule has 0 spiro atoms. The van der Waals surface area contributed by atoms with E-state index in [9.17, 15) is 10.1 Å². The number of anilines is 1. The first kappa shape index (κ1) is 21.3. The number of nitrogens with one attached hydrogen (secondary N) is 1. The third-order valence-electron chi connectivity index (χ3n) is 3.16. The van der Waals surface area contributed by atoms with Crippen LogP contribution in [-0.4, -0.2) is 42.2 Å². The fourth-order valence-corrected chi connectivity index (χ4v) is 2.15. The molecular formula is C17H31N3O3. The lowest BCUT2D eigenvalue weighted by Crippen LogP contribution is -2.11. The van der Waals surface area contributed by atoms with Gasteiger partial charge in [-0.1, -0.05) is 32.8 Å². The fourth-order valence-electron chi connectivity index (χ4n) is 2.15. The zero-order valence-corrected chi connectivity index (χ0v) is 14.8. The topological polar surface area (TPSA) is 78.6 Å². The smallest absolute Gasteiger partial charge is 0.292 e. The van der Waals surface area contributed by atoms with Gasteiger partial charge in [-0.15, -0.1) is 0 Å². The Hall–Kier alpha value is -1.66. The molecular weight excluding hydrogens is 294 g/mol. The molecule has 1 aromatic rings. The van der Waals surface area contributed by atoms with Gasteiger partial charge in [0.15, 0.2) is 0 Å². The maximum atomic E-state index is 11.2. The lowest BCUT2D eigenvalue weighted by Gasteiger charge is -2.12. The number of hydrogen-bond acceptors (Lipinski definition) is 5.